The van der Waals surface area contributed by atoms with E-state index in [-0.39, 0.29) is 18.9 Å². The molecular weight excluding hydrogens is 1170 g/mol. The lowest BCUT2D eigenvalue weighted by Gasteiger charge is -2.46. The van der Waals surface area contributed by atoms with Gasteiger partial charge in [-0.2, -0.15) is 0 Å². The van der Waals surface area contributed by atoms with Crippen LogP contribution in [0.1, 0.15) is 328 Å². The summed E-state index contributed by atoms with van der Waals surface area (Å²) in [6.45, 7) is 2.72. The van der Waals surface area contributed by atoms with Crippen molar-refractivity contribution in [1.29, 1.82) is 0 Å². The highest BCUT2D eigenvalue weighted by atomic mass is 16.7. The standard InChI is InChI=1S/C79H143NO13/c1-3-5-7-9-11-13-15-17-19-21-23-25-27-29-31-33-35-36-38-40-42-44-46-48-50-52-54-56-58-60-62-68(83)67(66-90-78-76(89)74(87)77(70(65-82)92-78)93-79-75(88)73(86)72(85)69(64-81)91-79)80-71(84)63-61-59-57-55-53-51-49-47-45-43-41-39-37-34-32-30-28-26-24-22-20-18-16-14-12-10-8-6-4-2/h6,8,12,14,18,20,24,26,52,54,60,62,67-70,72-79,81-83,85-89H,3-5,7,9-11,13,15-17,19,21-23,25,27-51,53,55-59,61,63-66H2,1-2H3,(H,80,84)/b8-6-,14-12-,20-18-,26-24-,54-52+,62-60+. The molecule has 0 aromatic carbocycles. The maximum atomic E-state index is 13.4. The predicted octanol–water partition coefficient (Wildman–Crippen LogP) is 17.0. The van der Waals surface area contributed by atoms with Crippen molar-refractivity contribution < 1.29 is 64.6 Å². The molecule has 0 saturated carbocycles. The first-order chi connectivity index (χ1) is 45.6. The normalized spacial score (nSPS) is 22.9. The number of aliphatic hydroxyl groups is 8. The van der Waals surface area contributed by atoms with Crippen molar-refractivity contribution in [2.75, 3.05) is 19.8 Å². The summed E-state index contributed by atoms with van der Waals surface area (Å²) in [5.74, 6) is -0.246. The quantitative estimate of drug-likeness (QED) is 0.0204. The van der Waals surface area contributed by atoms with Crippen molar-refractivity contribution in [1.82, 2.24) is 5.32 Å². The number of hydrogen-bond acceptors (Lipinski definition) is 13. The summed E-state index contributed by atoms with van der Waals surface area (Å²) in [5.41, 5.74) is 0. The van der Waals surface area contributed by atoms with Gasteiger partial charge in [0, 0.05) is 6.42 Å². The summed E-state index contributed by atoms with van der Waals surface area (Å²) in [6, 6.07) is -0.936. The van der Waals surface area contributed by atoms with Crippen molar-refractivity contribution in [3.8, 4) is 0 Å². The fourth-order valence-electron chi connectivity index (χ4n) is 12.5. The molecule has 12 unspecified atom stereocenters. The highest BCUT2D eigenvalue weighted by Crippen LogP contribution is 2.30. The number of nitrogens with one attached hydrogen (secondary N) is 1. The maximum absolute atomic E-state index is 13.4. The molecule has 0 spiro atoms. The third-order valence-corrected chi connectivity index (χ3v) is 18.6. The van der Waals surface area contributed by atoms with Gasteiger partial charge in [-0.1, -0.05) is 324 Å². The zero-order valence-corrected chi connectivity index (χ0v) is 59.2. The maximum Gasteiger partial charge on any atom is 0.220 e. The molecule has 12 atom stereocenters. The lowest BCUT2D eigenvalue weighted by molar-refractivity contribution is -0.359. The molecular formula is C79H143NO13. The summed E-state index contributed by atoms with van der Waals surface area (Å²) in [5, 5.41) is 87.6. The molecule has 0 aromatic rings. The van der Waals surface area contributed by atoms with E-state index in [0.717, 1.165) is 57.8 Å². The fraction of sp³-hybridized carbons (Fsp3) is 0.835. The van der Waals surface area contributed by atoms with E-state index >= 15 is 0 Å². The Kier molecular flexibility index (Phi) is 58.5. The number of ether oxygens (including phenoxy) is 4. The van der Waals surface area contributed by atoms with E-state index in [1.807, 2.05) is 6.08 Å². The molecule has 93 heavy (non-hydrogen) atoms. The van der Waals surface area contributed by atoms with Gasteiger partial charge in [0.2, 0.25) is 5.91 Å². The zero-order valence-electron chi connectivity index (χ0n) is 59.2. The molecule has 2 rings (SSSR count). The monoisotopic (exact) mass is 1310 g/mol. The van der Waals surface area contributed by atoms with Gasteiger partial charge in [0.15, 0.2) is 12.6 Å². The van der Waals surface area contributed by atoms with Gasteiger partial charge in [-0.25, -0.2) is 0 Å². The Balaban J connectivity index is 1.65. The van der Waals surface area contributed by atoms with Crippen LogP contribution >= 0.6 is 0 Å². The second kappa shape index (κ2) is 62.9. The summed E-state index contributed by atoms with van der Waals surface area (Å²) >= 11 is 0. The summed E-state index contributed by atoms with van der Waals surface area (Å²) in [4.78, 5) is 13.4. The van der Waals surface area contributed by atoms with Crippen LogP contribution in [0.2, 0.25) is 0 Å². The van der Waals surface area contributed by atoms with Crippen LogP contribution in [0.4, 0.5) is 0 Å². The van der Waals surface area contributed by atoms with Gasteiger partial charge in [0.1, 0.15) is 48.8 Å². The fourth-order valence-corrected chi connectivity index (χ4v) is 12.5. The minimum atomic E-state index is -1.79. The first-order valence-corrected chi connectivity index (χ1v) is 38.7. The summed E-state index contributed by atoms with van der Waals surface area (Å²) < 4.78 is 22.9. The second-order valence-corrected chi connectivity index (χ2v) is 27.1. The molecule has 2 fully saturated rings. The molecule has 542 valence electrons. The van der Waals surface area contributed by atoms with E-state index in [0.29, 0.717) is 12.8 Å². The molecule has 2 aliphatic heterocycles. The average molecular weight is 1320 g/mol. The molecule has 1 amide bonds. The lowest BCUT2D eigenvalue weighted by Crippen LogP contribution is -2.65. The number of carbonyl (C=O) groups excluding carboxylic acids is 1. The minimum absolute atomic E-state index is 0.246. The molecule has 0 bridgehead atoms. The topological polar surface area (TPSA) is 228 Å². The molecule has 2 heterocycles. The Morgan fingerprint density at radius 1 is 0.398 bits per heavy atom. The molecule has 0 aromatic heterocycles. The predicted molar refractivity (Wildman–Crippen MR) is 383 cm³/mol. The van der Waals surface area contributed by atoms with Crippen LogP contribution in [0.5, 0.6) is 0 Å². The molecule has 0 aliphatic carbocycles. The first-order valence-electron chi connectivity index (χ1n) is 38.7. The van der Waals surface area contributed by atoms with E-state index in [4.69, 9.17) is 18.9 Å². The van der Waals surface area contributed by atoms with Crippen molar-refractivity contribution in [3.05, 3.63) is 72.9 Å². The van der Waals surface area contributed by atoms with Gasteiger partial charge in [-0.05, 0) is 70.6 Å². The molecule has 2 saturated heterocycles. The number of aliphatic hydroxyl groups excluding tert-OH is 8. The second-order valence-electron chi connectivity index (χ2n) is 27.1. The number of rotatable bonds is 64. The van der Waals surface area contributed by atoms with Gasteiger partial charge in [0.25, 0.3) is 0 Å². The SMILES string of the molecule is CC/C=C\C/C=C\C/C=C\C/C=C\CCCCCCCCCCCCCCCCCCC(=O)NC(COC1OC(CO)C(OC2OC(CO)C(O)C(O)C2O)C(O)C1O)C(O)/C=C/CC/C=C/CCCCCCCCCCCCCCCCCCCCCCCCCC. The third-order valence-electron chi connectivity index (χ3n) is 18.6. The number of allylic oxidation sites excluding steroid dienone is 11. The van der Waals surface area contributed by atoms with Gasteiger partial charge < -0.3 is 65.1 Å². The summed E-state index contributed by atoms with van der Waals surface area (Å²) in [7, 11) is 0. The summed E-state index contributed by atoms with van der Waals surface area (Å²) in [6.07, 6.45) is 69.8. The Morgan fingerprint density at radius 2 is 0.753 bits per heavy atom. The molecule has 2 aliphatic rings. The van der Waals surface area contributed by atoms with E-state index in [2.05, 4.69) is 79.9 Å². The Bertz CT molecular complexity index is 1840. The first kappa shape index (κ1) is 86.5. The van der Waals surface area contributed by atoms with Crippen LogP contribution in [0, 0.1) is 0 Å². The molecule has 14 heteroatoms. The number of amides is 1. The average Bonchev–Trinajstić information content (AvgIpc) is 0.854. The van der Waals surface area contributed by atoms with Gasteiger partial charge in [0.05, 0.1) is 32.0 Å². The van der Waals surface area contributed by atoms with Crippen LogP contribution < -0.4 is 5.32 Å². The van der Waals surface area contributed by atoms with Gasteiger partial charge in [-0.3, -0.25) is 4.79 Å². The smallest absolute Gasteiger partial charge is 0.220 e. The van der Waals surface area contributed by atoms with E-state index < -0.39 is 86.8 Å². The Hall–Kier alpha value is -2.57. The minimum Gasteiger partial charge on any atom is -0.394 e. The van der Waals surface area contributed by atoms with Crippen molar-refractivity contribution in [2.45, 2.75) is 402 Å². The number of hydrogen-bond donors (Lipinski definition) is 9. The largest absolute Gasteiger partial charge is 0.394 e. The number of unbranched alkanes of at least 4 members (excludes halogenated alkanes) is 41. The van der Waals surface area contributed by atoms with E-state index in [1.54, 1.807) is 6.08 Å². The van der Waals surface area contributed by atoms with Crippen LogP contribution in [-0.2, 0) is 23.7 Å². The third kappa shape index (κ3) is 46.4. The van der Waals surface area contributed by atoms with Crippen molar-refractivity contribution in [2.24, 2.45) is 0 Å². The van der Waals surface area contributed by atoms with E-state index in [1.165, 1.54) is 238 Å². The van der Waals surface area contributed by atoms with Crippen molar-refractivity contribution >= 4 is 5.91 Å². The van der Waals surface area contributed by atoms with Gasteiger partial charge >= 0.3 is 0 Å². The molecule has 9 N–H and O–H groups in total. The number of carbonyl (C=O) groups is 1. The Labute approximate surface area is 568 Å². The Morgan fingerprint density at radius 3 is 1.18 bits per heavy atom. The lowest BCUT2D eigenvalue weighted by atomic mass is 9.97. The zero-order chi connectivity index (χ0) is 67.3. The van der Waals surface area contributed by atoms with Gasteiger partial charge in [-0.15, -0.1) is 0 Å². The van der Waals surface area contributed by atoms with E-state index in [9.17, 15) is 45.6 Å². The van der Waals surface area contributed by atoms with Crippen LogP contribution in [0.15, 0.2) is 72.9 Å². The molecule has 14 nitrogen and oxygen atoms in total. The van der Waals surface area contributed by atoms with Crippen molar-refractivity contribution in [3.63, 3.8) is 0 Å². The van der Waals surface area contributed by atoms with Crippen LogP contribution in [-0.4, -0.2) is 140 Å². The molecule has 0 radical (unpaired) electrons. The highest BCUT2D eigenvalue weighted by Gasteiger charge is 2.51. The van der Waals surface area contributed by atoms with Crippen LogP contribution in [0.25, 0.3) is 0 Å². The van der Waals surface area contributed by atoms with Crippen LogP contribution in [0.3, 0.4) is 0 Å². The highest BCUT2D eigenvalue weighted by molar-refractivity contribution is 5.76.